The summed E-state index contributed by atoms with van der Waals surface area (Å²) >= 11 is 0. The van der Waals surface area contributed by atoms with Gasteiger partial charge in [0.25, 0.3) is 0 Å². The molecule has 2 aliphatic rings. The fourth-order valence-corrected chi connectivity index (χ4v) is 3.04. The van der Waals surface area contributed by atoms with Gasteiger partial charge >= 0.3 is 0 Å². The molecule has 1 unspecified atom stereocenters. The van der Waals surface area contributed by atoms with E-state index in [-0.39, 0.29) is 0 Å². The molecular weight excluding hydrogens is 264 g/mol. The molecule has 0 radical (unpaired) electrons. The van der Waals surface area contributed by atoms with E-state index in [0.29, 0.717) is 13.2 Å². The molecule has 1 atom stereocenters. The van der Waals surface area contributed by atoms with Crippen LogP contribution in [-0.4, -0.2) is 39.4 Å². The zero-order chi connectivity index (χ0) is 14.7. The monoisotopic (exact) mass is 290 g/mol. The van der Waals surface area contributed by atoms with Crippen molar-refractivity contribution in [1.29, 1.82) is 0 Å². The molecule has 1 N–H and O–H groups in total. The van der Waals surface area contributed by atoms with Crippen LogP contribution in [-0.2, 0) is 0 Å². The van der Waals surface area contributed by atoms with E-state index in [4.69, 9.17) is 9.47 Å². The van der Waals surface area contributed by atoms with E-state index in [9.17, 15) is 0 Å². The topological polar surface area (TPSA) is 33.7 Å². The third kappa shape index (κ3) is 3.62. The van der Waals surface area contributed by atoms with Crippen molar-refractivity contribution in [2.24, 2.45) is 11.8 Å². The fraction of sp³-hybridized carbons (Fsp3) is 0.647. The smallest absolute Gasteiger partial charge is 0.163 e. The van der Waals surface area contributed by atoms with Gasteiger partial charge in [0, 0.05) is 24.8 Å². The molecule has 2 aliphatic heterocycles. The average molecular weight is 290 g/mol. The van der Waals surface area contributed by atoms with E-state index in [1.54, 1.807) is 0 Å². The van der Waals surface area contributed by atoms with Crippen LogP contribution >= 0.6 is 0 Å². The molecule has 116 valence electrons. The van der Waals surface area contributed by atoms with Crippen LogP contribution in [0, 0.1) is 11.8 Å². The lowest BCUT2D eigenvalue weighted by atomic mass is 10.1. The third-order valence-electron chi connectivity index (χ3n) is 4.16. The Morgan fingerprint density at radius 3 is 2.86 bits per heavy atom. The minimum Gasteiger partial charge on any atom is -0.486 e. The predicted octanol–water partition coefficient (Wildman–Crippen LogP) is 2.53. The van der Waals surface area contributed by atoms with Crippen LogP contribution in [0.3, 0.4) is 0 Å². The van der Waals surface area contributed by atoms with Gasteiger partial charge in [0.2, 0.25) is 0 Å². The number of nitrogens with one attached hydrogen (secondary N) is 1. The van der Waals surface area contributed by atoms with E-state index < -0.39 is 0 Å². The maximum absolute atomic E-state index is 5.68. The summed E-state index contributed by atoms with van der Waals surface area (Å²) < 4.78 is 11.3. The molecule has 0 saturated carbocycles. The lowest BCUT2D eigenvalue weighted by Crippen LogP contribution is -2.28. The summed E-state index contributed by atoms with van der Waals surface area (Å²) in [4.78, 5) is 2.46. The molecule has 0 bridgehead atoms. The molecule has 4 nitrogen and oxygen atoms in total. The normalized spacial score (nSPS) is 21.1. The van der Waals surface area contributed by atoms with Crippen LogP contribution in [0.4, 0.5) is 5.69 Å². The minimum absolute atomic E-state index is 0.651. The minimum atomic E-state index is 0.651. The van der Waals surface area contributed by atoms with Crippen molar-refractivity contribution >= 4 is 5.69 Å². The summed E-state index contributed by atoms with van der Waals surface area (Å²) in [6, 6.07) is 6.31. The average Bonchev–Trinajstić information content (AvgIpc) is 2.95. The highest BCUT2D eigenvalue weighted by Gasteiger charge is 2.23. The lowest BCUT2D eigenvalue weighted by molar-refractivity contribution is 0.171. The van der Waals surface area contributed by atoms with Gasteiger partial charge < -0.3 is 19.7 Å². The molecule has 0 spiro atoms. The zero-order valence-corrected chi connectivity index (χ0v) is 13.1. The van der Waals surface area contributed by atoms with Gasteiger partial charge in [0.05, 0.1) is 0 Å². The second-order valence-corrected chi connectivity index (χ2v) is 6.48. The van der Waals surface area contributed by atoms with Gasteiger partial charge in [-0.3, -0.25) is 0 Å². The quantitative estimate of drug-likeness (QED) is 0.903. The lowest BCUT2D eigenvalue weighted by Gasteiger charge is -2.23. The zero-order valence-electron chi connectivity index (χ0n) is 13.1. The second kappa shape index (κ2) is 6.56. The molecular formula is C17H26N2O2. The highest BCUT2D eigenvalue weighted by molar-refractivity contribution is 5.57. The third-order valence-corrected chi connectivity index (χ3v) is 4.16. The standard InChI is InChI=1S/C17H26N2O2/c1-13(2)10-18-11-14-5-6-19(12-14)15-3-4-16-17(9-15)21-8-7-20-16/h3-4,9,13-14,18H,5-8,10-12H2,1-2H3. The number of rotatable bonds is 5. The van der Waals surface area contributed by atoms with E-state index in [2.05, 4.69) is 36.2 Å². The molecule has 1 saturated heterocycles. The number of hydrogen-bond donors (Lipinski definition) is 1. The van der Waals surface area contributed by atoms with Crippen LogP contribution in [0.5, 0.6) is 11.5 Å². The van der Waals surface area contributed by atoms with Crippen molar-refractivity contribution in [3.05, 3.63) is 18.2 Å². The van der Waals surface area contributed by atoms with Crippen molar-refractivity contribution < 1.29 is 9.47 Å². The number of ether oxygens (including phenoxy) is 2. The van der Waals surface area contributed by atoms with Crippen molar-refractivity contribution in [1.82, 2.24) is 5.32 Å². The Morgan fingerprint density at radius 2 is 2.05 bits per heavy atom. The van der Waals surface area contributed by atoms with Crippen molar-refractivity contribution in [2.45, 2.75) is 20.3 Å². The van der Waals surface area contributed by atoms with E-state index in [1.165, 1.54) is 12.1 Å². The first-order valence-electron chi connectivity index (χ1n) is 8.07. The van der Waals surface area contributed by atoms with Crippen molar-refractivity contribution in [3.63, 3.8) is 0 Å². The molecule has 1 aromatic rings. The van der Waals surface area contributed by atoms with Gasteiger partial charge in [-0.15, -0.1) is 0 Å². The summed E-state index contributed by atoms with van der Waals surface area (Å²) in [5.74, 6) is 3.23. The van der Waals surface area contributed by atoms with Crippen LogP contribution < -0.4 is 19.7 Å². The Labute approximate surface area is 127 Å². The maximum atomic E-state index is 5.68. The Kier molecular flexibility index (Phi) is 4.54. The molecule has 21 heavy (non-hydrogen) atoms. The SMILES string of the molecule is CC(C)CNCC1CCN(c2ccc3c(c2)OCCO3)C1. The summed E-state index contributed by atoms with van der Waals surface area (Å²) in [7, 11) is 0. The summed E-state index contributed by atoms with van der Waals surface area (Å²) in [5, 5.41) is 3.58. The predicted molar refractivity (Wildman–Crippen MR) is 85.5 cm³/mol. The number of fused-ring (bicyclic) bond motifs is 1. The molecule has 0 aromatic heterocycles. The first-order valence-corrected chi connectivity index (χ1v) is 8.07. The molecule has 4 heteroatoms. The van der Waals surface area contributed by atoms with Gasteiger partial charge in [-0.2, -0.15) is 0 Å². The number of anilines is 1. The van der Waals surface area contributed by atoms with Crippen LogP contribution in [0.1, 0.15) is 20.3 Å². The molecule has 1 aromatic carbocycles. The first kappa shape index (κ1) is 14.5. The Hall–Kier alpha value is -1.42. The highest BCUT2D eigenvalue weighted by atomic mass is 16.6. The largest absolute Gasteiger partial charge is 0.486 e. The van der Waals surface area contributed by atoms with Crippen LogP contribution in [0.25, 0.3) is 0 Å². The molecule has 2 heterocycles. The van der Waals surface area contributed by atoms with Crippen LogP contribution in [0.2, 0.25) is 0 Å². The Bertz CT molecular complexity index is 476. The van der Waals surface area contributed by atoms with Crippen molar-refractivity contribution in [3.8, 4) is 11.5 Å². The van der Waals surface area contributed by atoms with Crippen molar-refractivity contribution in [2.75, 3.05) is 44.3 Å². The Morgan fingerprint density at radius 1 is 1.24 bits per heavy atom. The maximum Gasteiger partial charge on any atom is 0.163 e. The van der Waals surface area contributed by atoms with E-state index in [0.717, 1.165) is 49.5 Å². The molecule has 3 rings (SSSR count). The first-order chi connectivity index (χ1) is 10.2. The highest BCUT2D eigenvalue weighted by Crippen LogP contribution is 2.35. The summed E-state index contributed by atoms with van der Waals surface area (Å²) in [6.07, 6.45) is 1.26. The summed E-state index contributed by atoms with van der Waals surface area (Å²) in [5.41, 5.74) is 1.26. The van der Waals surface area contributed by atoms with Crippen LogP contribution in [0.15, 0.2) is 18.2 Å². The molecule has 1 fully saturated rings. The molecule has 0 aliphatic carbocycles. The Balaban J connectivity index is 1.56. The summed E-state index contributed by atoms with van der Waals surface area (Å²) in [6.45, 7) is 10.3. The van der Waals surface area contributed by atoms with Gasteiger partial charge in [-0.1, -0.05) is 13.8 Å². The number of nitrogens with zero attached hydrogens (tertiary/aromatic N) is 1. The molecule has 0 amide bonds. The van der Waals surface area contributed by atoms with Gasteiger partial charge in [-0.25, -0.2) is 0 Å². The van der Waals surface area contributed by atoms with E-state index in [1.807, 2.05) is 6.07 Å². The van der Waals surface area contributed by atoms with Gasteiger partial charge in [-0.05, 0) is 43.5 Å². The fourth-order valence-electron chi connectivity index (χ4n) is 3.04. The number of benzene rings is 1. The van der Waals surface area contributed by atoms with Gasteiger partial charge in [0.15, 0.2) is 11.5 Å². The number of hydrogen-bond acceptors (Lipinski definition) is 4. The van der Waals surface area contributed by atoms with E-state index >= 15 is 0 Å². The van der Waals surface area contributed by atoms with Gasteiger partial charge in [0.1, 0.15) is 13.2 Å². The second-order valence-electron chi connectivity index (χ2n) is 6.48.